The van der Waals surface area contributed by atoms with Crippen molar-refractivity contribution in [2.75, 3.05) is 0 Å². The average molecular weight is 337 g/mol. The second kappa shape index (κ2) is 5.31. The molecule has 0 fully saturated rings. The largest absolute Gasteiger partial charge is 0.506 e. The summed E-state index contributed by atoms with van der Waals surface area (Å²) in [7, 11) is 0. The average Bonchev–Trinajstić information content (AvgIpc) is 2.33. The summed E-state index contributed by atoms with van der Waals surface area (Å²) in [6.07, 6.45) is 1.69. The number of phenols is 1. The van der Waals surface area contributed by atoms with Crippen LogP contribution in [0, 0.1) is 10.5 Å². The number of hydrogen-bond acceptors (Lipinski definition) is 2. The summed E-state index contributed by atoms with van der Waals surface area (Å²) >= 11 is 2.12. The van der Waals surface area contributed by atoms with E-state index in [-0.39, 0.29) is 5.75 Å². The van der Waals surface area contributed by atoms with Gasteiger partial charge in [0.05, 0.1) is 9.26 Å². The predicted molar refractivity (Wildman–Crippen MR) is 79.3 cm³/mol. The smallest absolute Gasteiger partial charge is 0.137 e. The van der Waals surface area contributed by atoms with Crippen molar-refractivity contribution < 1.29 is 5.11 Å². The number of nitrogens with zero attached hydrogens (tertiary/aromatic N) is 1. The monoisotopic (exact) mass is 337 g/mol. The van der Waals surface area contributed by atoms with Crippen LogP contribution in [0.4, 0.5) is 5.69 Å². The first kappa shape index (κ1) is 12.1. The fraction of sp³-hybridized carbons (Fsp3) is 0.0714. The third kappa shape index (κ3) is 3.06. The Morgan fingerprint density at radius 1 is 1.18 bits per heavy atom. The second-order valence-corrected chi connectivity index (χ2v) is 4.94. The zero-order chi connectivity index (χ0) is 12.3. The molecule has 2 aromatic carbocycles. The summed E-state index contributed by atoms with van der Waals surface area (Å²) in [5.41, 5.74) is 2.74. The maximum atomic E-state index is 9.90. The molecule has 0 aromatic heterocycles. The summed E-state index contributed by atoms with van der Waals surface area (Å²) in [6.45, 7) is 2.00. The zero-order valence-corrected chi connectivity index (χ0v) is 11.5. The van der Waals surface area contributed by atoms with Crippen LogP contribution in [-0.2, 0) is 0 Å². The number of aliphatic imine (C=N–C) groups is 1. The lowest BCUT2D eigenvalue weighted by molar-refractivity contribution is 0.470. The predicted octanol–water partition coefficient (Wildman–Crippen LogP) is 4.06. The molecule has 0 saturated heterocycles. The number of halogens is 1. The number of hydrogen-bond donors (Lipinski definition) is 1. The Labute approximate surface area is 114 Å². The highest BCUT2D eigenvalue weighted by molar-refractivity contribution is 14.1. The van der Waals surface area contributed by atoms with Crippen LogP contribution in [0.1, 0.15) is 11.1 Å². The lowest BCUT2D eigenvalue weighted by Gasteiger charge is -2.03. The second-order valence-electron chi connectivity index (χ2n) is 3.78. The zero-order valence-electron chi connectivity index (χ0n) is 9.39. The first-order chi connectivity index (χ1) is 8.16. The van der Waals surface area contributed by atoms with Crippen molar-refractivity contribution in [3.8, 4) is 5.75 Å². The molecule has 1 N–H and O–H groups in total. The Kier molecular flexibility index (Phi) is 3.78. The first-order valence-electron chi connectivity index (χ1n) is 5.25. The molecule has 17 heavy (non-hydrogen) atoms. The molecule has 0 amide bonds. The number of para-hydroxylation sites is 1. The van der Waals surface area contributed by atoms with Crippen molar-refractivity contribution in [3.63, 3.8) is 0 Å². The van der Waals surface area contributed by atoms with Gasteiger partial charge in [-0.2, -0.15) is 0 Å². The van der Waals surface area contributed by atoms with Crippen molar-refractivity contribution in [2.45, 2.75) is 6.92 Å². The van der Waals surface area contributed by atoms with Crippen molar-refractivity contribution in [3.05, 3.63) is 57.2 Å². The molecule has 0 radical (unpaired) electrons. The SMILES string of the molecule is Cc1cc(I)c(O)c(C=Nc2ccccc2)c1. The van der Waals surface area contributed by atoms with E-state index in [1.165, 1.54) is 0 Å². The van der Waals surface area contributed by atoms with Crippen molar-refractivity contribution >= 4 is 34.5 Å². The minimum Gasteiger partial charge on any atom is -0.506 e. The Morgan fingerprint density at radius 3 is 2.59 bits per heavy atom. The standard InChI is InChI=1S/C14H12INO/c1-10-7-11(14(17)13(15)8-10)9-16-12-5-3-2-4-6-12/h2-9,17H,1H3. The number of benzene rings is 2. The van der Waals surface area contributed by atoms with E-state index < -0.39 is 0 Å². The van der Waals surface area contributed by atoms with Gasteiger partial charge in [0.25, 0.3) is 0 Å². The Balaban J connectivity index is 2.33. The number of phenolic OH excluding ortho intramolecular Hbond substituents is 1. The molecule has 86 valence electrons. The summed E-state index contributed by atoms with van der Waals surface area (Å²) in [4.78, 5) is 4.33. The molecule has 0 saturated carbocycles. The molecule has 0 aliphatic heterocycles. The third-order valence-corrected chi connectivity index (χ3v) is 3.17. The van der Waals surface area contributed by atoms with Crippen LogP contribution in [0.2, 0.25) is 0 Å². The molecule has 0 aliphatic rings. The quantitative estimate of drug-likeness (QED) is 0.651. The first-order valence-corrected chi connectivity index (χ1v) is 6.33. The van der Waals surface area contributed by atoms with Gasteiger partial charge in [-0.05, 0) is 59.3 Å². The van der Waals surface area contributed by atoms with E-state index in [0.717, 1.165) is 20.4 Å². The molecule has 0 spiro atoms. The molecule has 3 heteroatoms. The minimum absolute atomic E-state index is 0.288. The molecule has 0 atom stereocenters. The van der Waals surface area contributed by atoms with Crippen LogP contribution in [0.5, 0.6) is 5.75 Å². The van der Waals surface area contributed by atoms with Gasteiger partial charge in [0, 0.05) is 11.8 Å². The van der Waals surface area contributed by atoms with Crippen molar-refractivity contribution in [1.29, 1.82) is 0 Å². The van der Waals surface area contributed by atoms with E-state index in [1.807, 2.05) is 49.4 Å². The number of aryl methyl sites for hydroxylation is 1. The molecule has 2 aromatic rings. The van der Waals surface area contributed by atoms with Gasteiger partial charge in [0.2, 0.25) is 0 Å². The van der Waals surface area contributed by atoms with Gasteiger partial charge in [-0.25, -0.2) is 0 Å². The van der Waals surface area contributed by atoms with E-state index in [4.69, 9.17) is 0 Å². The van der Waals surface area contributed by atoms with Crippen LogP contribution in [-0.4, -0.2) is 11.3 Å². The molecular weight excluding hydrogens is 325 g/mol. The molecular formula is C14H12INO. The highest BCUT2D eigenvalue weighted by Gasteiger charge is 2.04. The molecule has 2 nitrogen and oxygen atoms in total. The maximum Gasteiger partial charge on any atom is 0.137 e. The highest BCUT2D eigenvalue weighted by atomic mass is 127. The normalized spacial score (nSPS) is 10.9. The summed E-state index contributed by atoms with van der Waals surface area (Å²) in [5.74, 6) is 0.288. The van der Waals surface area contributed by atoms with E-state index >= 15 is 0 Å². The van der Waals surface area contributed by atoms with Crippen LogP contribution < -0.4 is 0 Å². The Morgan fingerprint density at radius 2 is 1.88 bits per heavy atom. The highest BCUT2D eigenvalue weighted by Crippen LogP contribution is 2.25. The van der Waals surface area contributed by atoms with Crippen molar-refractivity contribution in [1.82, 2.24) is 0 Å². The van der Waals surface area contributed by atoms with Gasteiger partial charge in [-0.15, -0.1) is 0 Å². The third-order valence-electron chi connectivity index (χ3n) is 2.35. The molecule has 0 aliphatic carbocycles. The van der Waals surface area contributed by atoms with Gasteiger partial charge in [-0.3, -0.25) is 4.99 Å². The van der Waals surface area contributed by atoms with Gasteiger partial charge < -0.3 is 5.11 Å². The fourth-order valence-electron chi connectivity index (χ4n) is 1.52. The number of aromatic hydroxyl groups is 1. The summed E-state index contributed by atoms with van der Waals surface area (Å²) in [6, 6.07) is 13.5. The molecule has 0 heterocycles. The topological polar surface area (TPSA) is 32.6 Å². The van der Waals surface area contributed by atoms with Crippen LogP contribution >= 0.6 is 22.6 Å². The lowest BCUT2D eigenvalue weighted by atomic mass is 10.1. The van der Waals surface area contributed by atoms with Crippen LogP contribution in [0.3, 0.4) is 0 Å². The van der Waals surface area contributed by atoms with Gasteiger partial charge in [0.15, 0.2) is 0 Å². The van der Waals surface area contributed by atoms with Crippen molar-refractivity contribution in [2.24, 2.45) is 4.99 Å². The van der Waals surface area contributed by atoms with E-state index in [1.54, 1.807) is 6.21 Å². The summed E-state index contributed by atoms with van der Waals surface area (Å²) in [5, 5.41) is 9.90. The molecule has 0 unspecified atom stereocenters. The van der Waals surface area contributed by atoms with E-state index in [2.05, 4.69) is 27.6 Å². The van der Waals surface area contributed by atoms with Gasteiger partial charge in [-0.1, -0.05) is 18.2 Å². The molecule has 0 bridgehead atoms. The van der Waals surface area contributed by atoms with E-state index in [9.17, 15) is 5.11 Å². The number of rotatable bonds is 2. The molecule has 2 rings (SSSR count). The van der Waals surface area contributed by atoms with Crippen LogP contribution in [0.25, 0.3) is 0 Å². The minimum atomic E-state index is 0.288. The van der Waals surface area contributed by atoms with Crippen LogP contribution in [0.15, 0.2) is 47.5 Å². The van der Waals surface area contributed by atoms with E-state index in [0.29, 0.717) is 0 Å². The Hall–Kier alpha value is -1.36. The van der Waals surface area contributed by atoms with Gasteiger partial charge >= 0.3 is 0 Å². The Bertz CT molecular complexity index is 550. The maximum absolute atomic E-state index is 9.90. The lowest BCUT2D eigenvalue weighted by Crippen LogP contribution is -1.87. The van der Waals surface area contributed by atoms with Gasteiger partial charge in [0.1, 0.15) is 5.75 Å². The fourth-order valence-corrected chi connectivity index (χ4v) is 2.32. The summed E-state index contributed by atoms with van der Waals surface area (Å²) < 4.78 is 0.845.